The number of carbonyl (C=O) groups is 1. The molecular weight excluding hydrogens is 179 g/mol. The van der Waals surface area contributed by atoms with Gasteiger partial charge in [0, 0.05) is 11.5 Å². The van der Waals surface area contributed by atoms with Crippen LogP contribution in [0.2, 0.25) is 0 Å². The zero-order chi connectivity index (χ0) is 10.3. The molecule has 0 fully saturated rings. The van der Waals surface area contributed by atoms with Gasteiger partial charge in [-0.2, -0.15) is 0 Å². The molecule has 0 saturated carbocycles. The quantitative estimate of drug-likeness (QED) is 0.617. The first-order chi connectivity index (χ1) is 6.59. The Hall–Kier alpha value is -1.18. The van der Waals surface area contributed by atoms with Gasteiger partial charge in [0.05, 0.1) is 0 Å². The van der Waals surface area contributed by atoms with E-state index in [1.54, 1.807) is 6.07 Å². The van der Waals surface area contributed by atoms with Crippen molar-refractivity contribution in [1.82, 2.24) is 0 Å². The highest BCUT2D eigenvalue weighted by molar-refractivity contribution is 6.00. The molecule has 2 rings (SSSR count). The number of fused-ring (bicyclic) bond motifs is 1. The van der Waals surface area contributed by atoms with Crippen molar-refractivity contribution in [1.29, 1.82) is 0 Å². The number of ketones is 1. The lowest BCUT2D eigenvalue weighted by Gasteiger charge is -2.25. The van der Waals surface area contributed by atoms with E-state index in [0.29, 0.717) is 5.56 Å². The van der Waals surface area contributed by atoms with Crippen LogP contribution in [0.15, 0.2) is 18.2 Å². The second-order valence-electron chi connectivity index (χ2n) is 4.13. The average Bonchev–Trinajstić information content (AvgIpc) is 2.14. The monoisotopic (exact) mass is 192 g/mol. The molecule has 2 heteroatoms. The first-order valence-corrected chi connectivity index (χ1v) is 4.93. The molecule has 0 radical (unpaired) electrons. The summed E-state index contributed by atoms with van der Waals surface area (Å²) >= 11 is 0. The van der Waals surface area contributed by atoms with Crippen LogP contribution in [-0.2, 0) is 0 Å². The number of hydrogen-bond donors (Lipinski definition) is 0. The van der Waals surface area contributed by atoms with Gasteiger partial charge in [-0.25, -0.2) is 4.39 Å². The maximum absolute atomic E-state index is 13.0. The smallest absolute Gasteiger partial charge is 0.165 e. The zero-order valence-corrected chi connectivity index (χ0v) is 8.38. The van der Waals surface area contributed by atoms with E-state index >= 15 is 0 Å². The largest absolute Gasteiger partial charge is 0.294 e. The Kier molecular flexibility index (Phi) is 2.14. The van der Waals surface area contributed by atoms with Crippen molar-refractivity contribution in [2.75, 3.05) is 0 Å². The van der Waals surface area contributed by atoms with Gasteiger partial charge in [-0.3, -0.25) is 4.79 Å². The molecular formula is C12H13FO. The van der Waals surface area contributed by atoms with Crippen LogP contribution in [0.25, 0.3) is 0 Å². The molecule has 0 amide bonds. The van der Waals surface area contributed by atoms with E-state index < -0.39 is 0 Å². The zero-order valence-electron chi connectivity index (χ0n) is 8.38. The van der Waals surface area contributed by atoms with Crippen LogP contribution in [0.1, 0.15) is 42.1 Å². The fraction of sp³-hybridized carbons (Fsp3) is 0.417. The van der Waals surface area contributed by atoms with Gasteiger partial charge in [0.15, 0.2) is 5.78 Å². The van der Waals surface area contributed by atoms with Crippen molar-refractivity contribution in [3.8, 4) is 0 Å². The summed E-state index contributed by atoms with van der Waals surface area (Å²) in [5.74, 6) is 0.257. The molecule has 1 aliphatic carbocycles. The minimum absolute atomic E-state index is 0.0722. The summed E-state index contributed by atoms with van der Waals surface area (Å²) in [5, 5.41) is 0. The molecule has 1 nitrogen and oxygen atoms in total. The van der Waals surface area contributed by atoms with Crippen LogP contribution in [0.5, 0.6) is 0 Å². The van der Waals surface area contributed by atoms with Crippen molar-refractivity contribution in [2.24, 2.45) is 5.92 Å². The molecule has 2 atom stereocenters. The maximum Gasteiger partial charge on any atom is 0.165 e. The molecule has 2 unspecified atom stereocenters. The van der Waals surface area contributed by atoms with Crippen molar-refractivity contribution in [3.05, 3.63) is 35.1 Å². The van der Waals surface area contributed by atoms with Crippen molar-refractivity contribution in [3.63, 3.8) is 0 Å². The van der Waals surface area contributed by atoms with Gasteiger partial charge in [0.1, 0.15) is 5.82 Å². The first kappa shape index (κ1) is 9.38. The summed E-state index contributed by atoms with van der Waals surface area (Å²) in [4.78, 5) is 11.8. The Balaban J connectivity index is 2.56. The molecule has 0 aromatic heterocycles. The third kappa shape index (κ3) is 1.35. The number of benzene rings is 1. The van der Waals surface area contributed by atoms with Gasteiger partial charge in [0.2, 0.25) is 0 Å². The van der Waals surface area contributed by atoms with Crippen molar-refractivity contribution in [2.45, 2.75) is 26.2 Å². The fourth-order valence-corrected chi connectivity index (χ4v) is 2.20. The molecule has 0 heterocycles. The predicted molar refractivity (Wildman–Crippen MR) is 52.9 cm³/mol. The van der Waals surface area contributed by atoms with Crippen LogP contribution in [0, 0.1) is 11.7 Å². The summed E-state index contributed by atoms with van der Waals surface area (Å²) < 4.78 is 13.0. The minimum Gasteiger partial charge on any atom is -0.294 e. The lowest BCUT2D eigenvalue weighted by molar-refractivity contribution is 0.0906. The molecule has 0 aliphatic heterocycles. The van der Waals surface area contributed by atoms with Crippen LogP contribution < -0.4 is 0 Å². The molecule has 74 valence electrons. The van der Waals surface area contributed by atoms with E-state index in [1.807, 2.05) is 13.8 Å². The van der Waals surface area contributed by atoms with Gasteiger partial charge in [-0.1, -0.05) is 13.8 Å². The summed E-state index contributed by atoms with van der Waals surface area (Å²) in [6, 6.07) is 4.46. The number of halogens is 1. The Bertz CT molecular complexity index is 384. The SMILES string of the molecule is CC1CC(C)c2cc(F)ccc2C1=O. The fourth-order valence-electron chi connectivity index (χ4n) is 2.20. The molecule has 0 spiro atoms. The van der Waals surface area contributed by atoms with Gasteiger partial charge in [-0.15, -0.1) is 0 Å². The Morgan fingerprint density at radius 1 is 1.29 bits per heavy atom. The lowest BCUT2D eigenvalue weighted by Crippen LogP contribution is -2.22. The number of rotatable bonds is 0. The first-order valence-electron chi connectivity index (χ1n) is 4.93. The molecule has 0 saturated heterocycles. The second-order valence-corrected chi connectivity index (χ2v) is 4.13. The highest BCUT2D eigenvalue weighted by Crippen LogP contribution is 2.34. The summed E-state index contributed by atoms with van der Waals surface area (Å²) in [6.45, 7) is 3.98. The van der Waals surface area contributed by atoms with E-state index in [0.717, 1.165) is 12.0 Å². The molecule has 1 aromatic carbocycles. The van der Waals surface area contributed by atoms with E-state index in [9.17, 15) is 9.18 Å². The Morgan fingerprint density at radius 3 is 2.71 bits per heavy atom. The minimum atomic E-state index is -0.252. The lowest BCUT2D eigenvalue weighted by atomic mass is 9.77. The number of carbonyl (C=O) groups excluding carboxylic acids is 1. The van der Waals surface area contributed by atoms with E-state index in [-0.39, 0.29) is 23.4 Å². The van der Waals surface area contributed by atoms with Gasteiger partial charge in [0.25, 0.3) is 0 Å². The highest BCUT2D eigenvalue weighted by atomic mass is 19.1. The van der Waals surface area contributed by atoms with Crippen molar-refractivity contribution >= 4 is 5.78 Å². The summed E-state index contributed by atoms with van der Waals surface area (Å²) in [7, 11) is 0. The Labute approximate surface area is 82.9 Å². The van der Waals surface area contributed by atoms with Gasteiger partial charge >= 0.3 is 0 Å². The van der Waals surface area contributed by atoms with E-state index in [1.165, 1.54) is 12.1 Å². The molecule has 1 aliphatic rings. The third-order valence-electron chi connectivity index (χ3n) is 2.96. The molecule has 14 heavy (non-hydrogen) atoms. The summed E-state index contributed by atoms with van der Waals surface area (Å²) in [6.07, 6.45) is 0.829. The molecule has 0 N–H and O–H groups in total. The summed E-state index contributed by atoms with van der Waals surface area (Å²) in [5.41, 5.74) is 1.57. The molecule has 1 aromatic rings. The third-order valence-corrected chi connectivity index (χ3v) is 2.96. The topological polar surface area (TPSA) is 17.1 Å². The van der Waals surface area contributed by atoms with E-state index in [2.05, 4.69) is 0 Å². The Morgan fingerprint density at radius 2 is 2.00 bits per heavy atom. The van der Waals surface area contributed by atoms with Crippen LogP contribution in [0.3, 0.4) is 0 Å². The van der Waals surface area contributed by atoms with Crippen LogP contribution >= 0.6 is 0 Å². The van der Waals surface area contributed by atoms with Crippen LogP contribution in [-0.4, -0.2) is 5.78 Å². The normalized spacial score (nSPS) is 26.1. The number of Topliss-reactive ketones (excluding diaryl/α,β-unsaturated/α-hetero) is 1. The standard InChI is InChI=1S/C12H13FO/c1-7-5-8(2)12(14)10-4-3-9(13)6-11(7)10/h3-4,6-8H,5H2,1-2H3. The van der Waals surface area contributed by atoms with E-state index in [4.69, 9.17) is 0 Å². The number of hydrogen-bond acceptors (Lipinski definition) is 1. The average molecular weight is 192 g/mol. The van der Waals surface area contributed by atoms with Gasteiger partial charge < -0.3 is 0 Å². The van der Waals surface area contributed by atoms with Gasteiger partial charge in [-0.05, 0) is 36.1 Å². The maximum atomic E-state index is 13.0. The highest BCUT2D eigenvalue weighted by Gasteiger charge is 2.28. The van der Waals surface area contributed by atoms with Crippen molar-refractivity contribution < 1.29 is 9.18 Å². The van der Waals surface area contributed by atoms with Crippen LogP contribution in [0.4, 0.5) is 4.39 Å². The predicted octanol–water partition coefficient (Wildman–Crippen LogP) is 3.15. The second kappa shape index (κ2) is 3.19. The molecule has 0 bridgehead atoms.